The Kier molecular flexibility index (Phi) is 3.53. The lowest BCUT2D eigenvalue weighted by molar-refractivity contribution is 0.285. The van der Waals surface area contributed by atoms with E-state index in [9.17, 15) is 0 Å². The summed E-state index contributed by atoms with van der Waals surface area (Å²) in [6, 6.07) is 2.26. The molecular formula is C15H19BrN2. The third-order valence-electron chi connectivity index (χ3n) is 4.27. The second-order valence-corrected chi connectivity index (χ2v) is 6.18. The van der Waals surface area contributed by atoms with Crippen molar-refractivity contribution in [3.05, 3.63) is 34.1 Å². The zero-order valence-electron chi connectivity index (χ0n) is 10.7. The van der Waals surface area contributed by atoms with Crippen LogP contribution in [0, 0.1) is 18.8 Å². The van der Waals surface area contributed by atoms with Crippen LogP contribution >= 0.6 is 15.9 Å². The van der Waals surface area contributed by atoms with Gasteiger partial charge in [0.1, 0.15) is 4.60 Å². The minimum atomic E-state index is 0.690. The fraction of sp³-hybridized carbons (Fsp3) is 0.533. The number of aryl methyl sites for hydroxylation is 1. The van der Waals surface area contributed by atoms with E-state index in [-0.39, 0.29) is 0 Å². The summed E-state index contributed by atoms with van der Waals surface area (Å²) in [5.74, 6) is 1.56. The van der Waals surface area contributed by atoms with Gasteiger partial charge in [0.15, 0.2) is 0 Å². The van der Waals surface area contributed by atoms with Crippen molar-refractivity contribution in [2.24, 2.45) is 11.8 Å². The van der Waals surface area contributed by atoms with Gasteiger partial charge in [0.2, 0.25) is 0 Å². The minimum Gasteiger partial charge on any atom is -0.316 e. The smallest absolute Gasteiger partial charge is 0.109 e. The maximum absolute atomic E-state index is 4.45. The maximum atomic E-state index is 4.45. The summed E-state index contributed by atoms with van der Waals surface area (Å²) in [6.07, 6.45) is 8.35. The predicted octanol–water partition coefficient (Wildman–Crippen LogP) is 3.56. The van der Waals surface area contributed by atoms with Gasteiger partial charge < -0.3 is 5.32 Å². The Hall–Kier alpha value is -0.670. The first-order chi connectivity index (χ1) is 8.75. The van der Waals surface area contributed by atoms with Crippen LogP contribution in [0.5, 0.6) is 0 Å². The van der Waals surface area contributed by atoms with Crippen LogP contribution in [0.2, 0.25) is 0 Å². The molecule has 1 aromatic heterocycles. The van der Waals surface area contributed by atoms with Crippen molar-refractivity contribution in [2.45, 2.75) is 26.2 Å². The van der Waals surface area contributed by atoms with Crippen LogP contribution in [-0.2, 0) is 0 Å². The fourth-order valence-corrected chi connectivity index (χ4v) is 3.49. The zero-order valence-corrected chi connectivity index (χ0v) is 12.3. The lowest BCUT2D eigenvalue weighted by Crippen LogP contribution is -2.38. The van der Waals surface area contributed by atoms with E-state index >= 15 is 0 Å². The van der Waals surface area contributed by atoms with Crippen LogP contribution in [0.4, 0.5) is 0 Å². The highest BCUT2D eigenvalue weighted by atomic mass is 79.9. The summed E-state index contributed by atoms with van der Waals surface area (Å²) in [5.41, 5.74) is 4.05. The summed E-state index contributed by atoms with van der Waals surface area (Å²) in [7, 11) is 0. The van der Waals surface area contributed by atoms with Crippen molar-refractivity contribution in [1.29, 1.82) is 0 Å². The average molecular weight is 307 g/mol. The number of nitrogens with one attached hydrogen (secondary N) is 1. The number of pyridine rings is 1. The molecule has 1 N–H and O–H groups in total. The molecule has 1 aromatic rings. The van der Waals surface area contributed by atoms with Gasteiger partial charge in [-0.05, 0) is 83.3 Å². The van der Waals surface area contributed by atoms with E-state index in [2.05, 4.69) is 45.3 Å². The highest BCUT2D eigenvalue weighted by Gasteiger charge is 2.30. The quantitative estimate of drug-likeness (QED) is 0.803. The van der Waals surface area contributed by atoms with Crippen LogP contribution < -0.4 is 5.32 Å². The van der Waals surface area contributed by atoms with E-state index in [0.717, 1.165) is 17.1 Å². The molecule has 1 aliphatic heterocycles. The Labute approximate surface area is 117 Å². The van der Waals surface area contributed by atoms with Crippen LogP contribution in [0.1, 0.15) is 30.4 Å². The van der Waals surface area contributed by atoms with E-state index in [1.165, 1.54) is 42.5 Å². The predicted molar refractivity (Wildman–Crippen MR) is 78.4 cm³/mol. The maximum Gasteiger partial charge on any atom is 0.109 e. The van der Waals surface area contributed by atoms with Crippen LogP contribution in [0.3, 0.4) is 0 Å². The van der Waals surface area contributed by atoms with Gasteiger partial charge in [0, 0.05) is 12.7 Å². The topological polar surface area (TPSA) is 24.9 Å². The van der Waals surface area contributed by atoms with Gasteiger partial charge >= 0.3 is 0 Å². The Morgan fingerprint density at radius 1 is 1.39 bits per heavy atom. The number of fused-ring (bicyclic) bond motifs is 1. The third-order valence-corrected chi connectivity index (χ3v) is 5.10. The van der Waals surface area contributed by atoms with Gasteiger partial charge in [0.25, 0.3) is 0 Å². The van der Waals surface area contributed by atoms with Crippen molar-refractivity contribution in [2.75, 3.05) is 13.1 Å². The molecule has 0 unspecified atom stereocenters. The molecular weight excluding hydrogens is 288 g/mol. The van der Waals surface area contributed by atoms with Crippen LogP contribution in [-0.4, -0.2) is 18.1 Å². The number of allylic oxidation sites excluding steroid dienone is 1. The molecule has 0 amide bonds. The molecule has 1 saturated heterocycles. The molecule has 0 bridgehead atoms. The number of piperidine rings is 1. The molecule has 3 rings (SSSR count). The van der Waals surface area contributed by atoms with Gasteiger partial charge in [0.05, 0.1) is 0 Å². The van der Waals surface area contributed by atoms with E-state index in [1.54, 1.807) is 0 Å². The number of hydrogen-bond donors (Lipinski definition) is 1. The first-order valence-electron chi connectivity index (χ1n) is 6.79. The lowest BCUT2D eigenvalue weighted by atomic mass is 9.73. The number of aromatic nitrogens is 1. The van der Waals surface area contributed by atoms with Gasteiger partial charge in [-0.3, -0.25) is 0 Å². The molecule has 1 aliphatic carbocycles. The summed E-state index contributed by atoms with van der Waals surface area (Å²) in [4.78, 5) is 4.45. The Morgan fingerprint density at radius 3 is 3.11 bits per heavy atom. The molecule has 2 atom stereocenters. The normalized spacial score (nSPS) is 27.6. The van der Waals surface area contributed by atoms with Crippen molar-refractivity contribution in [1.82, 2.24) is 10.3 Å². The van der Waals surface area contributed by atoms with E-state index in [4.69, 9.17) is 0 Å². The van der Waals surface area contributed by atoms with Crippen molar-refractivity contribution in [3.63, 3.8) is 0 Å². The Morgan fingerprint density at radius 2 is 2.28 bits per heavy atom. The summed E-state index contributed by atoms with van der Waals surface area (Å²) < 4.78 is 0.959. The minimum absolute atomic E-state index is 0.690. The Bertz CT molecular complexity index is 481. The highest BCUT2D eigenvalue weighted by molar-refractivity contribution is 9.10. The number of hydrogen-bond acceptors (Lipinski definition) is 2. The van der Waals surface area contributed by atoms with E-state index in [0.29, 0.717) is 5.92 Å². The van der Waals surface area contributed by atoms with Crippen LogP contribution in [0.15, 0.2) is 22.9 Å². The lowest BCUT2D eigenvalue weighted by Gasteiger charge is -2.37. The van der Waals surface area contributed by atoms with Gasteiger partial charge in [-0.2, -0.15) is 0 Å². The zero-order chi connectivity index (χ0) is 12.5. The second kappa shape index (κ2) is 5.14. The summed E-state index contributed by atoms with van der Waals surface area (Å²) in [6.45, 7) is 4.43. The monoisotopic (exact) mass is 306 g/mol. The average Bonchev–Trinajstić information content (AvgIpc) is 2.41. The highest BCUT2D eigenvalue weighted by Crippen LogP contribution is 2.39. The molecule has 2 heterocycles. The molecule has 96 valence electrons. The summed E-state index contributed by atoms with van der Waals surface area (Å²) >= 11 is 3.48. The standard InChI is InChI=1S/C15H19BrN2/c1-10-7-12(8-18-15(10)16)13-4-2-3-11-5-6-17-9-14(11)13/h4,7-8,11,14,17H,2-3,5-6,9H2,1H3/t11-,14+/m1/s1. The molecule has 18 heavy (non-hydrogen) atoms. The van der Waals surface area contributed by atoms with Gasteiger partial charge in [-0.25, -0.2) is 4.98 Å². The van der Waals surface area contributed by atoms with Crippen molar-refractivity contribution >= 4 is 21.5 Å². The first-order valence-corrected chi connectivity index (χ1v) is 7.58. The molecule has 2 aliphatic rings. The molecule has 0 saturated carbocycles. The number of nitrogens with zero attached hydrogens (tertiary/aromatic N) is 1. The van der Waals surface area contributed by atoms with E-state index in [1.807, 2.05) is 6.20 Å². The second-order valence-electron chi connectivity index (χ2n) is 5.43. The fourth-order valence-electron chi connectivity index (χ4n) is 3.27. The molecule has 0 spiro atoms. The molecule has 2 nitrogen and oxygen atoms in total. The number of halogens is 1. The molecule has 0 aromatic carbocycles. The summed E-state index contributed by atoms with van der Waals surface area (Å²) in [5, 5.41) is 3.54. The van der Waals surface area contributed by atoms with Gasteiger partial charge in [-0.15, -0.1) is 0 Å². The largest absolute Gasteiger partial charge is 0.316 e. The van der Waals surface area contributed by atoms with Gasteiger partial charge in [-0.1, -0.05) is 6.08 Å². The Balaban J connectivity index is 1.94. The van der Waals surface area contributed by atoms with E-state index < -0.39 is 0 Å². The first kappa shape index (κ1) is 12.4. The SMILES string of the molecule is Cc1cc(C2=CCC[C@@H]3CCNC[C@H]23)cnc1Br. The number of rotatable bonds is 1. The van der Waals surface area contributed by atoms with Crippen molar-refractivity contribution in [3.8, 4) is 0 Å². The van der Waals surface area contributed by atoms with Crippen molar-refractivity contribution < 1.29 is 0 Å². The molecule has 0 radical (unpaired) electrons. The third kappa shape index (κ3) is 2.26. The molecule has 1 fully saturated rings. The molecule has 3 heteroatoms. The van der Waals surface area contributed by atoms with Crippen LogP contribution in [0.25, 0.3) is 5.57 Å².